The number of methoxy groups -OCH3 is 1. The molecule has 0 bridgehead atoms. The van der Waals surface area contributed by atoms with Gasteiger partial charge >= 0.3 is 0 Å². The minimum Gasteiger partial charge on any atom is -0.385 e. The van der Waals surface area contributed by atoms with Gasteiger partial charge in [0.25, 0.3) is 0 Å². The van der Waals surface area contributed by atoms with Crippen molar-refractivity contribution in [1.29, 1.82) is 0 Å². The molecule has 4 N–H and O–H groups in total. The maximum Gasteiger partial charge on any atom is 0.186 e. The van der Waals surface area contributed by atoms with Crippen LogP contribution in [0.5, 0.6) is 0 Å². The average Bonchev–Trinajstić information content (AvgIpc) is 2.94. The zero-order chi connectivity index (χ0) is 20.4. The first kappa shape index (κ1) is 23.0. The Balaban J connectivity index is 3.24. The highest BCUT2D eigenvalue weighted by Gasteiger charge is 2.17. The van der Waals surface area contributed by atoms with E-state index >= 15 is 0 Å². The van der Waals surface area contributed by atoms with Gasteiger partial charge in [-0.1, -0.05) is 0 Å². The third kappa shape index (κ3) is 6.89. The summed E-state index contributed by atoms with van der Waals surface area (Å²) in [6.45, 7) is 7.61. The summed E-state index contributed by atoms with van der Waals surface area (Å²) >= 11 is 10.2. The van der Waals surface area contributed by atoms with Crippen molar-refractivity contribution in [2.45, 2.75) is 33.7 Å². The minimum absolute atomic E-state index is 0.424. The monoisotopic (exact) mass is 411 g/mol. The lowest BCUT2D eigenvalue weighted by Gasteiger charge is -2.11. The van der Waals surface area contributed by atoms with Crippen LogP contribution in [0.25, 0.3) is 0 Å². The highest BCUT2D eigenvalue weighted by Crippen LogP contribution is 2.17. The third-order valence-electron chi connectivity index (χ3n) is 3.95. The Bertz CT molecular complexity index is 725. The molecule has 0 aliphatic heterocycles. The fourth-order valence-corrected chi connectivity index (χ4v) is 2.59. The molecule has 0 aromatic carbocycles. The molecule has 0 aliphatic carbocycles. The van der Waals surface area contributed by atoms with Gasteiger partial charge in [0.15, 0.2) is 10.2 Å². The fraction of sp³-hybridized carbons (Fsp3) is 0.529. The van der Waals surface area contributed by atoms with Crippen molar-refractivity contribution in [3.05, 3.63) is 23.0 Å². The summed E-state index contributed by atoms with van der Waals surface area (Å²) in [4.78, 5) is 0. The Morgan fingerprint density at radius 3 is 2.26 bits per heavy atom. The molecule has 0 saturated heterocycles. The lowest BCUT2D eigenvalue weighted by Crippen LogP contribution is -2.32. The number of aromatic nitrogens is 1. The van der Waals surface area contributed by atoms with Crippen LogP contribution in [0.3, 0.4) is 0 Å². The molecule has 1 aromatic heterocycles. The largest absolute Gasteiger partial charge is 0.385 e. The van der Waals surface area contributed by atoms with E-state index in [9.17, 15) is 0 Å². The number of rotatable bonds is 8. The quantitative estimate of drug-likeness (QED) is 0.223. The summed E-state index contributed by atoms with van der Waals surface area (Å²) in [5.41, 5.74) is 10.2. The fourth-order valence-electron chi connectivity index (χ4n) is 2.49. The Morgan fingerprint density at radius 1 is 1.11 bits per heavy atom. The van der Waals surface area contributed by atoms with Crippen LogP contribution in [0.4, 0.5) is 0 Å². The molecule has 150 valence electrons. The predicted molar refractivity (Wildman–Crippen MR) is 120 cm³/mol. The van der Waals surface area contributed by atoms with Gasteiger partial charge in [-0.05, 0) is 57.7 Å². The smallest absolute Gasteiger partial charge is 0.186 e. The second-order valence-corrected chi connectivity index (χ2v) is 6.64. The van der Waals surface area contributed by atoms with Crippen LogP contribution in [0, 0.1) is 13.8 Å². The molecule has 27 heavy (non-hydrogen) atoms. The number of hydrazone groups is 2. The van der Waals surface area contributed by atoms with E-state index in [1.54, 1.807) is 21.2 Å². The molecular formula is C17H29N7OS2. The van der Waals surface area contributed by atoms with E-state index < -0.39 is 0 Å². The number of aryl methyl sites for hydroxylation is 1. The van der Waals surface area contributed by atoms with Crippen molar-refractivity contribution < 1.29 is 4.74 Å². The topological polar surface area (TPSA) is 87.0 Å². The van der Waals surface area contributed by atoms with Crippen LogP contribution >= 0.6 is 24.4 Å². The first-order valence-electron chi connectivity index (χ1n) is 8.59. The Kier molecular flexibility index (Phi) is 9.90. The first-order chi connectivity index (χ1) is 12.8. The molecule has 1 heterocycles. The number of hydrogen-bond acceptors (Lipinski definition) is 5. The van der Waals surface area contributed by atoms with E-state index in [1.165, 1.54) is 0 Å². The maximum atomic E-state index is 5.16. The van der Waals surface area contributed by atoms with E-state index in [2.05, 4.69) is 56.2 Å². The molecule has 0 fully saturated rings. The van der Waals surface area contributed by atoms with E-state index in [0.29, 0.717) is 21.6 Å². The highest BCUT2D eigenvalue weighted by molar-refractivity contribution is 7.80. The molecule has 0 amide bonds. The summed E-state index contributed by atoms with van der Waals surface area (Å²) in [5.74, 6) is 0. The van der Waals surface area contributed by atoms with Gasteiger partial charge in [-0.2, -0.15) is 10.2 Å². The van der Waals surface area contributed by atoms with Crippen molar-refractivity contribution in [2.75, 3.05) is 27.8 Å². The molecule has 10 heteroatoms. The van der Waals surface area contributed by atoms with Crippen molar-refractivity contribution in [2.24, 2.45) is 10.2 Å². The highest BCUT2D eigenvalue weighted by atomic mass is 32.1. The van der Waals surface area contributed by atoms with Gasteiger partial charge in [-0.25, -0.2) is 0 Å². The molecular weight excluding hydrogens is 382 g/mol. The van der Waals surface area contributed by atoms with Gasteiger partial charge in [-0.15, -0.1) is 0 Å². The normalized spacial score (nSPS) is 11.9. The summed E-state index contributed by atoms with van der Waals surface area (Å²) in [7, 11) is 5.18. The average molecular weight is 412 g/mol. The number of ether oxygens (including phenoxy) is 1. The van der Waals surface area contributed by atoms with Crippen LogP contribution < -0.4 is 21.5 Å². The number of nitrogens with one attached hydrogen (secondary N) is 4. The zero-order valence-corrected chi connectivity index (χ0v) is 18.4. The van der Waals surface area contributed by atoms with E-state index in [4.69, 9.17) is 29.2 Å². The molecule has 0 saturated carbocycles. The Labute approximate surface area is 171 Å². The molecule has 1 aromatic rings. The molecule has 0 radical (unpaired) electrons. The van der Waals surface area contributed by atoms with Crippen molar-refractivity contribution in [3.63, 3.8) is 0 Å². The second kappa shape index (κ2) is 11.6. The SMILES string of the molecule is CNC(=S)N/N=C(C)/C(=N/NC(=S)NC)c1cc(C)n(CCCOC)c1C. The molecule has 1 rings (SSSR count). The lowest BCUT2D eigenvalue weighted by molar-refractivity contribution is 0.190. The number of thiocarbonyl (C=S) groups is 2. The van der Waals surface area contributed by atoms with Crippen LogP contribution in [-0.4, -0.2) is 54.0 Å². The number of nitrogens with zero attached hydrogens (tertiary/aromatic N) is 3. The summed E-state index contributed by atoms with van der Waals surface area (Å²) in [5, 5.41) is 15.3. The van der Waals surface area contributed by atoms with Crippen LogP contribution in [-0.2, 0) is 11.3 Å². The van der Waals surface area contributed by atoms with Gasteiger partial charge in [0.2, 0.25) is 0 Å². The van der Waals surface area contributed by atoms with Crippen LogP contribution in [0.1, 0.15) is 30.3 Å². The van der Waals surface area contributed by atoms with E-state index in [1.807, 2.05) is 6.92 Å². The van der Waals surface area contributed by atoms with Gasteiger partial charge in [-0.3, -0.25) is 10.9 Å². The third-order valence-corrected chi connectivity index (χ3v) is 4.54. The second-order valence-electron chi connectivity index (χ2n) is 5.82. The van der Waals surface area contributed by atoms with Crippen molar-refractivity contribution >= 4 is 46.1 Å². The van der Waals surface area contributed by atoms with Gasteiger partial charge in [0.05, 0.1) is 5.71 Å². The van der Waals surface area contributed by atoms with Gasteiger partial charge in [0, 0.05) is 51.3 Å². The predicted octanol–water partition coefficient (Wildman–Crippen LogP) is 1.41. The maximum absolute atomic E-state index is 5.16. The molecule has 0 spiro atoms. The van der Waals surface area contributed by atoms with Crippen LogP contribution in [0.2, 0.25) is 0 Å². The van der Waals surface area contributed by atoms with Gasteiger partial charge < -0.3 is 19.9 Å². The number of hydrogen-bond donors (Lipinski definition) is 4. The van der Waals surface area contributed by atoms with Crippen molar-refractivity contribution in [3.8, 4) is 0 Å². The zero-order valence-electron chi connectivity index (χ0n) is 16.8. The van der Waals surface area contributed by atoms with E-state index in [-0.39, 0.29) is 0 Å². The molecule has 8 nitrogen and oxygen atoms in total. The summed E-state index contributed by atoms with van der Waals surface area (Å²) in [6.07, 6.45) is 0.936. The molecule has 0 aliphatic rings. The minimum atomic E-state index is 0.424. The molecule has 0 atom stereocenters. The van der Waals surface area contributed by atoms with Gasteiger partial charge in [0.1, 0.15) is 5.71 Å². The molecule has 0 unspecified atom stereocenters. The summed E-state index contributed by atoms with van der Waals surface area (Å²) < 4.78 is 7.41. The summed E-state index contributed by atoms with van der Waals surface area (Å²) in [6, 6.07) is 2.10. The lowest BCUT2D eigenvalue weighted by atomic mass is 10.1. The van der Waals surface area contributed by atoms with Crippen LogP contribution in [0.15, 0.2) is 16.3 Å². The van der Waals surface area contributed by atoms with Crippen molar-refractivity contribution in [1.82, 2.24) is 26.1 Å². The standard InChI is InChI=1S/C17H29N7OS2/c1-11-10-14(13(3)24(11)8-7-9-25-6)15(21-23-17(27)19-5)12(2)20-22-16(26)18-4/h10H,7-9H2,1-6H3,(H2,18,22,26)(H2,19,23,27)/b20-12+,21-15-. The first-order valence-corrected chi connectivity index (χ1v) is 9.41. The Morgan fingerprint density at radius 2 is 1.70 bits per heavy atom. The Hall–Kier alpha value is -2.04. The van der Waals surface area contributed by atoms with E-state index in [0.717, 1.165) is 36.5 Å².